The van der Waals surface area contributed by atoms with Crippen LogP contribution in [0.3, 0.4) is 0 Å². The number of nitrogens with one attached hydrogen (secondary N) is 1. The second-order valence-corrected chi connectivity index (χ2v) is 6.77. The topological polar surface area (TPSA) is 122 Å². The molecule has 0 radical (unpaired) electrons. The Morgan fingerprint density at radius 1 is 1.47 bits per heavy atom. The van der Waals surface area contributed by atoms with Crippen LogP contribution in [0.1, 0.15) is 23.3 Å². The third kappa shape index (κ3) is 3.34. The first-order chi connectivity index (χ1) is 8.87. The predicted octanol–water partition coefficient (Wildman–Crippen LogP) is 0.351. The molecule has 1 saturated heterocycles. The summed E-state index contributed by atoms with van der Waals surface area (Å²) in [6, 6.07) is 2.47. The Morgan fingerprint density at radius 3 is 2.84 bits per heavy atom. The summed E-state index contributed by atoms with van der Waals surface area (Å²) in [7, 11) is -3.04. The Labute approximate surface area is 110 Å². The van der Waals surface area contributed by atoms with Crippen molar-refractivity contribution in [1.29, 1.82) is 0 Å². The van der Waals surface area contributed by atoms with Gasteiger partial charge in [-0.05, 0) is 25.0 Å². The average molecular weight is 285 g/mol. The summed E-state index contributed by atoms with van der Waals surface area (Å²) < 4.78 is 23.1. The number of rotatable bonds is 3. The second-order valence-electron chi connectivity index (χ2n) is 4.54. The first-order valence-electron chi connectivity index (χ1n) is 5.84. The molecule has 1 unspecified atom stereocenters. The molecule has 8 heteroatoms. The van der Waals surface area contributed by atoms with Gasteiger partial charge in [0.25, 0.3) is 0 Å². The Bertz CT molecular complexity index is 600. The molecule has 2 heterocycles. The number of hydrogen-bond donors (Lipinski definition) is 3. The molecule has 104 valence electrons. The number of aromatic carboxylic acids is 1. The molecule has 1 aromatic heterocycles. The summed E-state index contributed by atoms with van der Waals surface area (Å²) in [5.74, 6) is -0.712. The predicted molar refractivity (Wildman–Crippen MR) is 70.9 cm³/mol. The number of nitrogens with two attached hydrogens (primary N) is 1. The number of nitrogen functional groups attached to an aromatic ring is 1. The lowest BCUT2D eigenvalue weighted by molar-refractivity contribution is 0.0690. The van der Waals surface area contributed by atoms with Gasteiger partial charge in [0.15, 0.2) is 15.5 Å². The Balaban J connectivity index is 2.18. The van der Waals surface area contributed by atoms with Crippen molar-refractivity contribution in [3.63, 3.8) is 0 Å². The van der Waals surface area contributed by atoms with Crippen molar-refractivity contribution < 1.29 is 18.3 Å². The summed E-state index contributed by atoms with van der Waals surface area (Å²) in [5.41, 5.74) is 5.88. The molecule has 1 aliphatic heterocycles. The Hall–Kier alpha value is -1.83. The SMILES string of the molecule is Nc1ccc(C(=O)O)nc1NC1CCCS(=O)(=O)C1. The van der Waals surface area contributed by atoms with Crippen LogP contribution in [0.25, 0.3) is 0 Å². The maximum atomic E-state index is 11.5. The minimum atomic E-state index is -3.04. The van der Waals surface area contributed by atoms with Gasteiger partial charge in [-0.25, -0.2) is 18.2 Å². The molecular formula is C11H15N3O4S. The van der Waals surface area contributed by atoms with E-state index in [0.717, 1.165) is 0 Å². The van der Waals surface area contributed by atoms with Crippen LogP contribution in [0.4, 0.5) is 11.5 Å². The van der Waals surface area contributed by atoms with E-state index in [1.54, 1.807) is 0 Å². The van der Waals surface area contributed by atoms with Crippen LogP contribution in [-0.2, 0) is 9.84 Å². The van der Waals surface area contributed by atoms with Gasteiger partial charge in [0, 0.05) is 6.04 Å². The van der Waals surface area contributed by atoms with Gasteiger partial charge in [-0.1, -0.05) is 0 Å². The Morgan fingerprint density at radius 2 is 2.21 bits per heavy atom. The highest BCUT2D eigenvalue weighted by atomic mass is 32.2. The molecule has 4 N–H and O–H groups in total. The van der Waals surface area contributed by atoms with Crippen LogP contribution in [0.5, 0.6) is 0 Å². The fraction of sp³-hybridized carbons (Fsp3) is 0.455. The van der Waals surface area contributed by atoms with Crippen LogP contribution in [0.2, 0.25) is 0 Å². The average Bonchev–Trinajstić information content (AvgIpc) is 2.30. The standard InChI is InChI=1S/C11H15N3O4S/c12-8-3-4-9(11(15)16)14-10(8)13-7-2-1-5-19(17,18)6-7/h3-4,7H,1-2,5-6,12H2,(H,13,14)(H,15,16). The van der Waals surface area contributed by atoms with Gasteiger partial charge >= 0.3 is 5.97 Å². The number of hydrogen-bond acceptors (Lipinski definition) is 6. The number of carbonyl (C=O) groups is 1. The molecule has 2 rings (SSSR count). The van der Waals surface area contributed by atoms with E-state index in [1.807, 2.05) is 0 Å². The molecule has 1 aromatic rings. The summed E-state index contributed by atoms with van der Waals surface area (Å²) in [5, 5.41) is 11.8. The van der Waals surface area contributed by atoms with E-state index < -0.39 is 15.8 Å². The van der Waals surface area contributed by atoms with Crippen molar-refractivity contribution in [3.05, 3.63) is 17.8 Å². The zero-order chi connectivity index (χ0) is 14.0. The molecular weight excluding hydrogens is 270 g/mol. The molecule has 0 bridgehead atoms. The molecule has 0 amide bonds. The summed E-state index contributed by atoms with van der Waals surface area (Å²) in [6.45, 7) is 0. The molecule has 1 atom stereocenters. The molecule has 0 aromatic carbocycles. The lowest BCUT2D eigenvalue weighted by Crippen LogP contribution is -2.35. The maximum Gasteiger partial charge on any atom is 0.354 e. The number of sulfone groups is 1. The van der Waals surface area contributed by atoms with Crippen LogP contribution in [-0.4, -0.2) is 42.0 Å². The van der Waals surface area contributed by atoms with Crippen LogP contribution in [0, 0.1) is 0 Å². The Kier molecular flexibility index (Phi) is 3.61. The molecule has 1 aliphatic rings. The molecule has 1 fully saturated rings. The first kappa shape index (κ1) is 13.6. The number of carboxylic acid groups (broad SMARTS) is 1. The van der Waals surface area contributed by atoms with Gasteiger partial charge in [-0.15, -0.1) is 0 Å². The largest absolute Gasteiger partial charge is 0.477 e. The van der Waals surface area contributed by atoms with Crippen molar-refractivity contribution in [1.82, 2.24) is 4.98 Å². The minimum Gasteiger partial charge on any atom is -0.477 e. The van der Waals surface area contributed by atoms with Crippen LogP contribution in [0.15, 0.2) is 12.1 Å². The summed E-state index contributed by atoms with van der Waals surface area (Å²) >= 11 is 0. The highest BCUT2D eigenvalue weighted by Gasteiger charge is 2.25. The fourth-order valence-corrected chi connectivity index (χ4v) is 3.67. The first-order valence-corrected chi connectivity index (χ1v) is 7.66. The minimum absolute atomic E-state index is 0.0193. The number of nitrogens with zero attached hydrogens (tertiary/aromatic N) is 1. The number of aromatic nitrogens is 1. The highest BCUT2D eigenvalue weighted by molar-refractivity contribution is 7.91. The smallest absolute Gasteiger partial charge is 0.354 e. The van der Waals surface area contributed by atoms with Gasteiger partial charge in [0.2, 0.25) is 0 Å². The van der Waals surface area contributed by atoms with E-state index in [4.69, 9.17) is 10.8 Å². The highest BCUT2D eigenvalue weighted by Crippen LogP contribution is 2.21. The van der Waals surface area contributed by atoms with E-state index in [1.165, 1.54) is 12.1 Å². The van der Waals surface area contributed by atoms with Gasteiger partial charge < -0.3 is 16.2 Å². The molecule has 0 aliphatic carbocycles. The van der Waals surface area contributed by atoms with Crippen LogP contribution >= 0.6 is 0 Å². The lowest BCUT2D eigenvalue weighted by atomic mass is 10.2. The van der Waals surface area contributed by atoms with Crippen molar-refractivity contribution in [3.8, 4) is 0 Å². The summed E-state index contributed by atoms with van der Waals surface area (Å²) in [6.07, 6.45) is 1.27. The van der Waals surface area contributed by atoms with Gasteiger partial charge in [0.05, 0.1) is 17.2 Å². The molecule has 7 nitrogen and oxygen atoms in total. The third-order valence-electron chi connectivity index (χ3n) is 2.95. The van der Waals surface area contributed by atoms with Crippen LogP contribution < -0.4 is 11.1 Å². The van der Waals surface area contributed by atoms with Crippen molar-refractivity contribution in [2.24, 2.45) is 0 Å². The number of pyridine rings is 1. The molecule has 0 saturated carbocycles. The van der Waals surface area contributed by atoms with Gasteiger partial charge in [-0.3, -0.25) is 0 Å². The van der Waals surface area contributed by atoms with E-state index in [9.17, 15) is 13.2 Å². The van der Waals surface area contributed by atoms with Crippen molar-refractivity contribution >= 4 is 27.3 Å². The van der Waals surface area contributed by atoms with E-state index in [0.29, 0.717) is 18.5 Å². The lowest BCUT2D eigenvalue weighted by Gasteiger charge is -2.24. The third-order valence-corrected chi connectivity index (χ3v) is 4.77. The van der Waals surface area contributed by atoms with Gasteiger partial charge in [0.1, 0.15) is 5.82 Å². The van der Waals surface area contributed by atoms with Crippen molar-refractivity contribution in [2.75, 3.05) is 22.6 Å². The van der Waals surface area contributed by atoms with E-state index >= 15 is 0 Å². The molecule has 19 heavy (non-hydrogen) atoms. The van der Waals surface area contributed by atoms with E-state index in [2.05, 4.69) is 10.3 Å². The fourth-order valence-electron chi connectivity index (χ4n) is 2.03. The number of anilines is 2. The second kappa shape index (κ2) is 5.04. The normalized spacial score (nSPS) is 21.8. The quantitative estimate of drug-likeness (QED) is 0.732. The maximum absolute atomic E-state index is 11.5. The zero-order valence-corrected chi connectivity index (χ0v) is 11.0. The monoisotopic (exact) mass is 285 g/mol. The summed E-state index contributed by atoms with van der Waals surface area (Å²) in [4.78, 5) is 14.7. The van der Waals surface area contributed by atoms with Crippen molar-refractivity contribution in [2.45, 2.75) is 18.9 Å². The molecule has 0 spiro atoms. The number of carboxylic acids is 1. The van der Waals surface area contributed by atoms with Gasteiger partial charge in [-0.2, -0.15) is 0 Å². The zero-order valence-electron chi connectivity index (χ0n) is 10.2. The van der Waals surface area contributed by atoms with E-state index in [-0.39, 0.29) is 29.1 Å².